The number of rotatable bonds is 6. The molecule has 0 spiro atoms. The van der Waals surface area contributed by atoms with Crippen LogP contribution < -0.4 is 10.1 Å². The molecule has 1 N–H and O–H groups in total. The van der Waals surface area contributed by atoms with Gasteiger partial charge < -0.3 is 14.5 Å². The highest BCUT2D eigenvalue weighted by molar-refractivity contribution is 5.30. The molecule has 0 aliphatic rings. The summed E-state index contributed by atoms with van der Waals surface area (Å²) in [6.07, 6.45) is 2.57. The number of furan rings is 1. The van der Waals surface area contributed by atoms with Crippen LogP contribution in [0.2, 0.25) is 0 Å². The van der Waals surface area contributed by atoms with E-state index in [0.29, 0.717) is 6.04 Å². The van der Waals surface area contributed by atoms with E-state index in [1.807, 2.05) is 26.1 Å². The Kier molecular flexibility index (Phi) is 4.27. The summed E-state index contributed by atoms with van der Waals surface area (Å²) >= 11 is 0. The predicted octanol–water partition coefficient (Wildman–Crippen LogP) is 2.05. The maximum atomic E-state index is 5.38. The molecule has 0 aromatic carbocycles. The topological polar surface area (TPSA) is 52.2 Å². The highest BCUT2D eigenvalue weighted by Gasteiger charge is 2.14. The van der Waals surface area contributed by atoms with Crippen molar-refractivity contribution in [1.29, 1.82) is 0 Å². The minimum Gasteiger partial charge on any atom is -0.481 e. The number of nitrogens with zero attached hydrogens (tertiary/aromatic N) is 2. The zero-order valence-corrected chi connectivity index (χ0v) is 11.9. The molecule has 19 heavy (non-hydrogen) atoms. The van der Waals surface area contributed by atoms with Gasteiger partial charge in [-0.05, 0) is 26.0 Å². The van der Waals surface area contributed by atoms with Crippen LogP contribution in [0, 0.1) is 6.92 Å². The van der Waals surface area contributed by atoms with Crippen molar-refractivity contribution in [2.45, 2.75) is 32.9 Å². The van der Waals surface area contributed by atoms with E-state index in [4.69, 9.17) is 9.15 Å². The van der Waals surface area contributed by atoms with E-state index in [-0.39, 0.29) is 0 Å². The maximum absolute atomic E-state index is 5.38. The molecule has 1 atom stereocenters. The first kappa shape index (κ1) is 13.7. The van der Waals surface area contributed by atoms with Crippen LogP contribution in [-0.2, 0) is 20.0 Å². The van der Waals surface area contributed by atoms with E-state index in [9.17, 15) is 0 Å². The Hall–Kier alpha value is -1.75. The fourth-order valence-corrected chi connectivity index (χ4v) is 2.22. The fourth-order valence-electron chi connectivity index (χ4n) is 2.22. The lowest BCUT2D eigenvalue weighted by molar-refractivity contribution is 0.366. The van der Waals surface area contributed by atoms with Gasteiger partial charge >= 0.3 is 0 Å². The molecule has 1 unspecified atom stereocenters. The molecule has 5 heteroatoms. The molecule has 2 heterocycles. The van der Waals surface area contributed by atoms with E-state index in [1.54, 1.807) is 18.1 Å². The largest absolute Gasteiger partial charge is 0.481 e. The first-order chi connectivity index (χ1) is 9.11. The second-order valence-electron chi connectivity index (χ2n) is 4.76. The highest BCUT2D eigenvalue weighted by Crippen LogP contribution is 2.20. The van der Waals surface area contributed by atoms with Crippen LogP contribution in [0.25, 0.3) is 0 Å². The molecular weight excluding hydrogens is 242 g/mol. The molecule has 104 valence electrons. The van der Waals surface area contributed by atoms with Crippen LogP contribution in [0.3, 0.4) is 0 Å². The van der Waals surface area contributed by atoms with Crippen LogP contribution in [0.5, 0.6) is 5.88 Å². The van der Waals surface area contributed by atoms with Crippen LogP contribution in [0.4, 0.5) is 0 Å². The number of aryl methyl sites for hydroxylation is 2. The third-order valence-corrected chi connectivity index (χ3v) is 3.20. The molecule has 0 aliphatic carbocycles. The zero-order chi connectivity index (χ0) is 13.8. The second kappa shape index (κ2) is 5.93. The highest BCUT2D eigenvalue weighted by atomic mass is 16.5. The molecule has 0 radical (unpaired) electrons. The van der Waals surface area contributed by atoms with Gasteiger partial charge in [-0.3, -0.25) is 0 Å². The third-order valence-electron chi connectivity index (χ3n) is 3.20. The molecule has 0 saturated carbocycles. The third kappa shape index (κ3) is 3.17. The van der Waals surface area contributed by atoms with Crippen LogP contribution in [-0.4, -0.2) is 22.9 Å². The summed E-state index contributed by atoms with van der Waals surface area (Å²) in [6.45, 7) is 4.88. The summed E-state index contributed by atoms with van der Waals surface area (Å²) in [6, 6.07) is 4.24. The van der Waals surface area contributed by atoms with E-state index >= 15 is 0 Å². The Balaban J connectivity index is 1.95. The summed E-state index contributed by atoms with van der Waals surface area (Å²) in [7, 11) is 3.56. The predicted molar refractivity (Wildman–Crippen MR) is 73.2 cm³/mol. The van der Waals surface area contributed by atoms with Gasteiger partial charge in [-0.15, -0.1) is 0 Å². The maximum Gasteiger partial charge on any atom is 0.216 e. The van der Waals surface area contributed by atoms with Crippen molar-refractivity contribution in [2.24, 2.45) is 7.05 Å². The molecule has 2 aromatic rings. The van der Waals surface area contributed by atoms with Gasteiger partial charge in [-0.1, -0.05) is 0 Å². The number of hydrogen-bond donors (Lipinski definition) is 1. The van der Waals surface area contributed by atoms with Gasteiger partial charge in [-0.25, -0.2) is 4.68 Å². The number of ether oxygens (including phenoxy) is 1. The summed E-state index contributed by atoms with van der Waals surface area (Å²) < 4.78 is 12.5. The smallest absolute Gasteiger partial charge is 0.216 e. The van der Waals surface area contributed by atoms with Gasteiger partial charge in [0, 0.05) is 26.1 Å². The van der Waals surface area contributed by atoms with E-state index in [2.05, 4.69) is 17.3 Å². The van der Waals surface area contributed by atoms with Crippen LogP contribution >= 0.6 is 0 Å². The molecule has 0 bridgehead atoms. The van der Waals surface area contributed by atoms with Gasteiger partial charge in [-0.2, -0.15) is 5.10 Å². The second-order valence-corrected chi connectivity index (χ2v) is 4.76. The van der Waals surface area contributed by atoms with Crippen LogP contribution in [0.1, 0.15) is 23.9 Å². The molecule has 0 amide bonds. The zero-order valence-electron chi connectivity index (χ0n) is 11.9. The summed E-state index contributed by atoms with van der Waals surface area (Å²) in [5.74, 6) is 1.81. The number of nitrogens with one attached hydrogen (secondary N) is 1. The average molecular weight is 263 g/mol. The Morgan fingerprint density at radius 3 is 2.95 bits per heavy atom. The lowest BCUT2D eigenvalue weighted by atomic mass is 10.1. The van der Waals surface area contributed by atoms with Crippen molar-refractivity contribution in [1.82, 2.24) is 15.1 Å². The van der Waals surface area contributed by atoms with Gasteiger partial charge in [0.05, 0.1) is 24.6 Å². The molecule has 0 saturated heterocycles. The number of methoxy groups -OCH3 is 1. The normalized spacial score (nSPS) is 12.6. The van der Waals surface area contributed by atoms with Gasteiger partial charge in [0.1, 0.15) is 5.76 Å². The van der Waals surface area contributed by atoms with Gasteiger partial charge in [0.2, 0.25) is 5.88 Å². The molecule has 0 fully saturated rings. The van der Waals surface area contributed by atoms with E-state index < -0.39 is 0 Å². The molecule has 0 aliphatic heterocycles. The first-order valence-electron chi connectivity index (χ1n) is 6.44. The molecular formula is C14H21N3O2. The fraction of sp³-hybridized carbons (Fsp3) is 0.500. The lowest BCUT2D eigenvalue weighted by Gasteiger charge is -2.13. The van der Waals surface area contributed by atoms with Crippen molar-refractivity contribution in [3.63, 3.8) is 0 Å². The Bertz CT molecular complexity index is 517. The molecule has 2 rings (SSSR count). The summed E-state index contributed by atoms with van der Waals surface area (Å²) in [4.78, 5) is 0. The quantitative estimate of drug-likeness (QED) is 0.866. The minimum absolute atomic E-state index is 0.329. The first-order valence-corrected chi connectivity index (χ1v) is 6.44. The van der Waals surface area contributed by atoms with Crippen molar-refractivity contribution >= 4 is 0 Å². The molecule has 2 aromatic heterocycles. The van der Waals surface area contributed by atoms with Crippen LogP contribution in [0.15, 0.2) is 22.8 Å². The van der Waals surface area contributed by atoms with E-state index in [0.717, 1.165) is 35.9 Å². The lowest BCUT2D eigenvalue weighted by Crippen LogP contribution is -2.27. The Morgan fingerprint density at radius 2 is 2.32 bits per heavy atom. The van der Waals surface area contributed by atoms with Crippen molar-refractivity contribution in [3.05, 3.63) is 35.4 Å². The van der Waals surface area contributed by atoms with Gasteiger partial charge in [0.15, 0.2) is 0 Å². The van der Waals surface area contributed by atoms with Crippen molar-refractivity contribution in [2.75, 3.05) is 7.11 Å². The number of aromatic nitrogens is 2. The summed E-state index contributed by atoms with van der Waals surface area (Å²) in [5, 5.41) is 7.84. The monoisotopic (exact) mass is 263 g/mol. The van der Waals surface area contributed by atoms with E-state index in [1.165, 1.54) is 0 Å². The Morgan fingerprint density at radius 1 is 1.53 bits per heavy atom. The SMILES string of the molecule is COc1c(CNC(C)Cc2ccco2)c(C)nn1C. The summed E-state index contributed by atoms with van der Waals surface area (Å²) in [5.41, 5.74) is 2.10. The Labute approximate surface area is 113 Å². The van der Waals surface area contributed by atoms with Crippen molar-refractivity contribution in [3.8, 4) is 5.88 Å². The standard InChI is InChI=1S/C14H21N3O2/c1-10(8-12-6-5-7-19-12)15-9-13-11(2)16-17(3)14(13)18-4/h5-7,10,15H,8-9H2,1-4H3. The molecule has 5 nitrogen and oxygen atoms in total. The number of hydrogen-bond acceptors (Lipinski definition) is 4. The van der Waals surface area contributed by atoms with Gasteiger partial charge in [0.25, 0.3) is 0 Å². The average Bonchev–Trinajstić information content (AvgIpc) is 2.94. The minimum atomic E-state index is 0.329. The van der Waals surface area contributed by atoms with Crippen molar-refractivity contribution < 1.29 is 9.15 Å².